The number of nitrogens with two attached hydrogens (primary N) is 1. The van der Waals surface area contributed by atoms with Crippen LogP contribution in [0.15, 0.2) is 0 Å². The molecule has 0 radical (unpaired) electrons. The topological polar surface area (TPSA) is 29.3 Å². The molecule has 3 atom stereocenters. The Morgan fingerprint density at radius 2 is 1.81 bits per heavy atom. The van der Waals surface area contributed by atoms with Crippen LogP contribution in [0.25, 0.3) is 0 Å². The molecule has 2 heteroatoms. The van der Waals surface area contributed by atoms with Crippen LogP contribution in [0, 0.1) is 11.8 Å². The van der Waals surface area contributed by atoms with Gasteiger partial charge in [-0.15, -0.1) is 0 Å². The van der Waals surface area contributed by atoms with Crippen LogP contribution in [0.3, 0.4) is 0 Å². The molecule has 2 rings (SSSR count). The van der Waals surface area contributed by atoms with E-state index in [1.165, 1.54) is 58.0 Å². The zero-order chi connectivity index (χ0) is 11.4. The number of rotatable bonds is 4. The first-order valence-electron chi connectivity index (χ1n) is 7.29. The van der Waals surface area contributed by atoms with Crippen molar-refractivity contribution in [1.82, 2.24) is 4.90 Å². The Morgan fingerprint density at radius 1 is 1.06 bits per heavy atom. The summed E-state index contributed by atoms with van der Waals surface area (Å²) in [6.45, 7) is 5.92. The summed E-state index contributed by atoms with van der Waals surface area (Å²) in [6, 6.07) is 0.875. The van der Waals surface area contributed by atoms with Crippen LogP contribution < -0.4 is 5.73 Å². The van der Waals surface area contributed by atoms with Gasteiger partial charge in [-0.05, 0) is 57.0 Å². The van der Waals surface area contributed by atoms with Crippen molar-refractivity contribution in [2.75, 3.05) is 19.6 Å². The number of likely N-dealkylation sites (tertiary alicyclic amines) is 1. The van der Waals surface area contributed by atoms with E-state index in [1.54, 1.807) is 0 Å². The van der Waals surface area contributed by atoms with E-state index in [9.17, 15) is 0 Å². The van der Waals surface area contributed by atoms with Crippen molar-refractivity contribution in [3.05, 3.63) is 0 Å². The van der Waals surface area contributed by atoms with Gasteiger partial charge in [0, 0.05) is 12.6 Å². The van der Waals surface area contributed by atoms with Crippen molar-refractivity contribution in [2.45, 2.75) is 57.9 Å². The van der Waals surface area contributed by atoms with Gasteiger partial charge >= 0.3 is 0 Å². The summed E-state index contributed by atoms with van der Waals surface area (Å²) >= 11 is 0. The molecule has 16 heavy (non-hydrogen) atoms. The molecule has 1 saturated heterocycles. The van der Waals surface area contributed by atoms with Crippen LogP contribution in [-0.2, 0) is 0 Å². The highest BCUT2D eigenvalue weighted by atomic mass is 15.2. The molecular weight excluding hydrogens is 196 g/mol. The van der Waals surface area contributed by atoms with Gasteiger partial charge in [-0.1, -0.05) is 19.8 Å². The normalized spacial score (nSPS) is 36.8. The lowest BCUT2D eigenvalue weighted by molar-refractivity contribution is 0.143. The average Bonchev–Trinajstić information content (AvgIpc) is 2.77. The SMILES string of the molecule is CCC1CCCN1CC1CCCCC1CN. The Bertz CT molecular complexity index is 205. The zero-order valence-electron chi connectivity index (χ0n) is 10.8. The van der Waals surface area contributed by atoms with Crippen molar-refractivity contribution in [3.63, 3.8) is 0 Å². The minimum absolute atomic E-state index is 0.812. The third kappa shape index (κ3) is 2.78. The predicted molar refractivity (Wildman–Crippen MR) is 69.4 cm³/mol. The Balaban J connectivity index is 1.86. The monoisotopic (exact) mass is 224 g/mol. The molecule has 1 aliphatic heterocycles. The van der Waals surface area contributed by atoms with E-state index in [1.807, 2.05) is 0 Å². The molecule has 0 amide bonds. The van der Waals surface area contributed by atoms with Crippen LogP contribution in [0.5, 0.6) is 0 Å². The fourth-order valence-electron chi connectivity index (χ4n) is 3.73. The van der Waals surface area contributed by atoms with Crippen molar-refractivity contribution in [3.8, 4) is 0 Å². The molecule has 94 valence electrons. The zero-order valence-corrected chi connectivity index (χ0v) is 10.8. The van der Waals surface area contributed by atoms with E-state index in [-0.39, 0.29) is 0 Å². The maximum atomic E-state index is 5.92. The summed E-state index contributed by atoms with van der Waals surface area (Å²) in [6.07, 6.45) is 9.83. The van der Waals surface area contributed by atoms with E-state index in [4.69, 9.17) is 5.73 Å². The molecule has 1 saturated carbocycles. The number of hydrogen-bond donors (Lipinski definition) is 1. The fourth-order valence-corrected chi connectivity index (χ4v) is 3.73. The Kier molecular flexibility index (Phi) is 4.66. The lowest BCUT2D eigenvalue weighted by atomic mass is 9.79. The highest BCUT2D eigenvalue weighted by molar-refractivity contribution is 4.84. The highest BCUT2D eigenvalue weighted by Gasteiger charge is 2.30. The smallest absolute Gasteiger partial charge is 0.00932 e. The Labute approximate surface area is 101 Å². The van der Waals surface area contributed by atoms with Gasteiger partial charge in [0.15, 0.2) is 0 Å². The van der Waals surface area contributed by atoms with Gasteiger partial charge in [0.05, 0.1) is 0 Å². The highest BCUT2D eigenvalue weighted by Crippen LogP contribution is 2.32. The fraction of sp³-hybridized carbons (Fsp3) is 1.00. The second kappa shape index (κ2) is 6.02. The molecule has 2 fully saturated rings. The van der Waals surface area contributed by atoms with Crippen LogP contribution in [0.4, 0.5) is 0 Å². The van der Waals surface area contributed by atoms with Crippen molar-refractivity contribution in [1.29, 1.82) is 0 Å². The predicted octanol–water partition coefficient (Wildman–Crippen LogP) is 2.63. The molecule has 0 aromatic heterocycles. The van der Waals surface area contributed by atoms with E-state index in [0.29, 0.717) is 0 Å². The second-order valence-electron chi connectivity index (χ2n) is 5.74. The minimum atomic E-state index is 0.812. The molecule has 0 aromatic carbocycles. The first-order valence-corrected chi connectivity index (χ1v) is 7.29. The molecule has 0 spiro atoms. The summed E-state index contributed by atoms with van der Waals surface area (Å²) in [7, 11) is 0. The van der Waals surface area contributed by atoms with Crippen LogP contribution >= 0.6 is 0 Å². The lowest BCUT2D eigenvalue weighted by Gasteiger charge is -2.35. The van der Waals surface area contributed by atoms with Crippen LogP contribution in [0.1, 0.15) is 51.9 Å². The molecule has 2 N–H and O–H groups in total. The summed E-state index contributed by atoms with van der Waals surface area (Å²) < 4.78 is 0. The molecule has 3 unspecified atom stereocenters. The Hall–Kier alpha value is -0.0800. The van der Waals surface area contributed by atoms with Crippen molar-refractivity contribution in [2.24, 2.45) is 17.6 Å². The van der Waals surface area contributed by atoms with Gasteiger partial charge in [0.2, 0.25) is 0 Å². The van der Waals surface area contributed by atoms with Gasteiger partial charge in [0.25, 0.3) is 0 Å². The quantitative estimate of drug-likeness (QED) is 0.795. The van der Waals surface area contributed by atoms with Crippen molar-refractivity contribution >= 4 is 0 Å². The van der Waals surface area contributed by atoms with Gasteiger partial charge in [-0.25, -0.2) is 0 Å². The van der Waals surface area contributed by atoms with E-state index in [0.717, 1.165) is 24.4 Å². The maximum absolute atomic E-state index is 5.92. The largest absolute Gasteiger partial charge is 0.330 e. The molecule has 2 aliphatic rings. The van der Waals surface area contributed by atoms with Crippen LogP contribution in [-0.4, -0.2) is 30.6 Å². The summed E-state index contributed by atoms with van der Waals surface area (Å²) in [5.41, 5.74) is 5.92. The third-order valence-electron chi connectivity index (χ3n) is 4.81. The standard InChI is InChI=1S/C14H28N2/c1-2-14-8-5-9-16(14)11-13-7-4-3-6-12(13)10-15/h12-14H,2-11,15H2,1H3. The molecule has 0 aromatic rings. The minimum Gasteiger partial charge on any atom is -0.330 e. The summed E-state index contributed by atoms with van der Waals surface area (Å²) in [5, 5.41) is 0. The third-order valence-corrected chi connectivity index (χ3v) is 4.81. The van der Waals surface area contributed by atoms with Crippen molar-refractivity contribution < 1.29 is 0 Å². The van der Waals surface area contributed by atoms with Gasteiger partial charge in [-0.3, -0.25) is 0 Å². The maximum Gasteiger partial charge on any atom is 0.00932 e. The van der Waals surface area contributed by atoms with Gasteiger partial charge < -0.3 is 10.6 Å². The lowest BCUT2D eigenvalue weighted by Crippen LogP contribution is -2.39. The van der Waals surface area contributed by atoms with Gasteiger partial charge in [0.1, 0.15) is 0 Å². The second-order valence-corrected chi connectivity index (χ2v) is 5.74. The number of hydrogen-bond acceptors (Lipinski definition) is 2. The summed E-state index contributed by atoms with van der Waals surface area (Å²) in [4.78, 5) is 2.75. The molecule has 2 nitrogen and oxygen atoms in total. The van der Waals surface area contributed by atoms with E-state index >= 15 is 0 Å². The van der Waals surface area contributed by atoms with Gasteiger partial charge in [-0.2, -0.15) is 0 Å². The Morgan fingerprint density at radius 3 is 2.50 bits per heavy atom. The average molecular weight is 224 g/mol. The van der Waals surface area contributed by atoms with E-state index < -0.39 is 0 Å². The molecule has 1 aliphatic carbocycles. The molecule has 0 bridgehead atoms. The molecular formula is C14H28N2. The summed E-state index contributed by atoms with van der Waals surface area (Å²) in [5.74, 6) is 1.71. The first-order chi connectivity index (χ1) is 7.85. The van der Waals surface area contributed by atoms with Crippen LogP contribution in [0.2, 0.25) is 0 Å². The molecule has 1 heterocycles. The van der Waals surface area contributed by atoms with E-state index in [2.05, 4.69) is 11.8 Å². The number of nitrogens with zero attached hydrogens (tertiary/aromatic N) is 1. The first kappa shape index (κ1) is 12.4.